The van der Waals surface area contributed by atoms with Crippen LogP contribution in [0.4, 0.5) is 0 Å². The molecule has 1 fully saturated rings. The van der Waals surface area contributed by atoms with Crippen molar-refractivity contribution < 1.29 is 0 Å². The van der Waals surface area contributed by atoms with Crippen LogP contribution in [0.15, 0.2) is 176 Å². The monoisotopic (exact) mass is 921 g/mol. The Morgan fingerprint density at radius 3 is 1.28 bits per heavy atom. The minimum Gasteiger partial charge on any atom is -0.0808 e. The van der Waals surface area contributed by atoms with Crippen LogP contribution < -0.4 is 0 Å². The van der Waals surface area contributed by atoms with Crippen molar-refractivity contribution in [1.29, 1.82) is 0 Å². The van der Waals surface area contributed by atoms with Gasteiger partial charge in [-0.05, 0) is 94.9 Å². The second kappa shape index (κ2) is 21.9. The molecule has 0 bridgehead atoms. The average molecular weight is 921 g/mol. The molecular weight excluding hydrogens is 829 g/mol. The van der Waals surface area contributed by atoms with Crippen LogP contribution in [0.1, 0.15) is 200 Å². The van der Waals surface area contributed by atoms with Gasteiger partial charge in [0.15, 0.2) is 0 Å². The molecule has 0 heteroatoms. The minimum atomic E-state index is -0.504. The Bertz CT molecular complexity index is 2330. The quantitative estimate of drug-likeness (QED) is 0.0607. The lowest BCUT2D eigenvalue weighted by Gasteiger charge is -2.87. The number of unbranched alkanes of at least 4 members (excludes halogenated alkanes) is 4. The molecule has 5 aromatic rings. The Hall–Kier alpha value is -4.42. The number of hydrogen-bond donors (Lipinski definition) is 0. The summed E-state index contributed by atoms with van der Waals surface area (Å²) in [4.78, 5) is 0. The van der Waals surface area contributed by atoms with Gasteiger partial charge in [-0.15, -0.1) is 0 Å². The van der Waals surface area contributed by atoms with Crippen molar-refractivity contribution in [2.45, 2.75) is 194 Å². The second-order valence-electron chi connectivity index (χ2n) is 23.3. The zero-order valence-corrected chi connectivity index (χ0v) is 45.1. The number of rotatable bonds is 22. The molecule has 0 nitrogen and oxygen atoms in total. The molecule has 7 atom stereocenters. The van der Waals surface area contributed by atoms with Gasteiger partial charge in [0.05, 0.1) is 0 Å². The molecule has 7 unspecified atom stereocenters. The molecule has 7 rings (SSSR count). The van der Waals surface area contributed by atoms with Crippen LogP contribution in [0.3, 0.4) is 0 Å². The van der Waals surface area contributed by atoms with Gasteiger partial charge in [0.25, 0.3) is 0 Å². The van der Waals surface area contributed by atoms with Gasteiger partial charge in [-0.1, -0.05) is 303 Å². The van der Waals surface area contributed by atoms with Gasteiger partial charge in [0.2, 0.25) is 0 Å². The lowest BCUT2D eigenvalue weighted by molar-refractivity contribution is -0.264. The molecule has 0 aromatic heterocycles. The Labute approximate surface area is 423 Å². The molecule has 69 heavy (non-hydrogen) atoms. The summed E-state index contributed by atoms with van der Waals surface area (Å²) < 4.78 is 0. The highest BCUT2D eigenvalue weighted by Gasteiger charge is 2.88. The van der Waals surface area contributed by atoms with Crippen LogP contribution in [-0.2, 0) is 21.7 Å². The zero-order valence-electron chi connectivity index (χ0n) is 45.1. The van der Waals surface area contributed by atoms with Crippen LogP contribution >= 0.6 is 0 Å². The SMILES string of the molecule is CCCCC1(CC)C(CCCC)(c2ccccc2)C(CCC)(c2ccccc2)C(CCCCC(C)(C)C)(c2ccccc2)C(CCCC)(C2(C)C=CC=CC2C)C1(c1ccccc1)c1ccccc1. The average Bonchev–Trinajstić information content (AvgIpc) is 3.38. The van der Waals surface area contributed by atoms with Crippen molar-refractivity contribution >= 4 is 0 Å². The fraction of sp³-hybridized carbons (Fsp3) is 0.507. The lowest BCUT2D eigenvalue weighted by atomic mass is 9.15. The summed E-state index contributed by atoms with van der Waals surface area (Å²) in [6.45, 7) is 25.4. The van der Waals surface area contributed by atoms with Crippen LogP contribution in [0, 0.1) is 27.6 Å². The van der Waals surface area contributed by atoms with E-state index in [1.165, 1.54) is 30.4 Å². The predicted octanol–water partition coefficient (Wildman–Crippen LogP) is 19.9. The molecule has 5 aromatic carbocycles. The highest BCUT2D eigenvalue weighted by Crippen LogP contribution is 2.89. The predicted molar refractivity (Wildman–Crippen MR) is 300 cm³/mol. The van der Waals surface area contributed by atoms with Crippen molar-refractivity contribution in [3.05, 3.63) is 204 Å². The topological polar surface area (TPSA) is 0 Å². The summed E-state index contributed by atoms with van der Waals surface area (Å²) in [5.74, 6) is 0.263. The largest absolute Gasteiger partial charge is 0.0808 e. The minimum absolute atomic E-state index is 0.243. The van der Waals surface area contributed by atoms with Crippen molar-refractivity contribution in [3.63, 3.8) is 0 Å². The van der Waals surface area contributed by atoms with E-state index in [2.05, 4.69) is 245 Å². The van der Waals surface area contributed by atoms with Gasteiger partial charge in [-0.25, -0.2) is 0 Å². The number of hydrogen-bond acceptors (Lipinski definition) is 0. The summed E-state index contributed by atoms with van der Waals surface area (Å²) in [5, 5.41) is 0. The highest BCUT2D eigenvalue weighted by molar-refractivity contribution is 5.64. The fourth-order valence-corrected chi connectivity index (χ4v) is 17.0. The van der Waals surface area contributed by atoms with Crippen LogP contribution in [0.5, 0.6) is 0 Å². The van der Waals surface area contributed by atoms with E-state index in [0.717, 1.165) is 83.5 Å². The van der Waals surface area contributed by atoms with Gasteiger partial charge in [-0.3, -0.25) is 0 Å². The van der Waals surface area contributed by atoms with Crippen molar-refractivity contribution in [1.82, 2.24) is 0 Å². The fourth-order valence-electron chi connectivity index (χ4n) is 17.0. The third kappa shape index (κ3) is 8.00. The first kappa shape index (κ1) is 52.4. The normalized spacial score (nSPS) is 28.7. The van der Waals surface area contributed by atoms with Crippen molar-refractivity contribution in [2.24, 2.45) is 27.6 Å². The maximum absolute atomic E-state index is 2.80. The molecule has 0 N–H and O–H groups in total. The first-order valence-electron chi connectivity index (χ1n) is 28.1. The van der Waals surface area contributed by atoms with Crippen LogP contribution in [0.25, 0.3) is 0 Å². The second-order valence-corrected chi connectivity index (χ2v) is 23.3. The molecule has 1 saturated carbocycles. The van der Waals surface area contributed by atoms with Crippen LogP contribution in [0.2, 0.25) is 0 Å². The number of benzene rings is 5. The zero-order chi connectivity index (χ0) is 49.3. The molecule has 0 saturated heterocycles. The first-order valence-corrected chi connectivity index (χ1v) is 28.1. The summed E-state index contributed by atoms with van der Waals surface area (Å²) in [7, 11) is 0. The Morgan fingerprint density at radius 1 is 0.420 bits per heavy atom. The summed E-state index contributed by atoms with van der Waals surface area (Å²) in [5.41, 5.74) is 5.28. The van der Waals surface area contributed by atoms with Gasteiger partial charge in [0.1, 0.15) is 0 Å². The van der Waals surface area contributed by atoms with Gasteiger partial charge < -0.3 is 0 Å². The third-order valence-corrected chi connectivity index (χ3v) is 19.1. The van der Waals surface area contributed by atoms with Crippen molar-refractivity contribution in [3.8, 4) is 0 Å². The lowest BCUT2D eigenvalue weighted by Crippen LogP contribution is -2.87. The Kier molecular flexibility index (Phi) is 16.6. The third-order valence-electron chi connectivity index (χ3n) is 19.1. The van der Waals surface area contributed by atoms with E-state index in [9.17, 15) is 0 Å². The van der Waals surface area contributed by atoms with Crippen LogP contribution in [-0.4, -0.2) is 0 Å². The van der Waals surface area contributed by atoms with Crippen molar-refractivity contribution in [2.75, 3.05) is 0 Å². The molecule has 0 radical (unpaired) electrons. The summed E-state index contributed by atoms with van der Waals surface area (Å²) in [6.07, 6.45) is 28.5. The van der Waals surface area contributed by atoms with Gasteiger partial charge in [-0.2, -0.15) is 0 Å². The Morgan fingerprint density at radius 2 is 0.841 bits per heavy atom. The maximum Gasteiger partial charge on any atom is 0.0341 e. The van der Waals surface area contributed by atoms with Gasteiger partial charge >= 0.3 is 0 Å². The standard InChI is InChI=1S/C69H92/c1-11-16-52-64(15-5)65(53-17-12-2,57-39-24-19-25-40-57)66(49-14-4,58-41-26-20-27-42-58)67(59-43-28-21-29-44-59,54-37-36-50-62(7,8)9)68(55-18-13-3,63(10)51-35-34-38-56(63)6)69(64,60-45-30-22-31-46-60)61-47-32-23-33-48-61/h19-35,38-48,51,56H,11-18,36-37,49-50,52-55H2,1-10H3. The molecule has 2 aliphatic carbocycles. The first-order chi connectivity index (χ1) is 33.4. The molecule has 0 heterocycles. The summed E-state index contributed by atoms with van der Waals surface area (Å²) >= 11 is 0. The van der Waals surface area contributed by atoms with E-state index in [1.54, 1.807) is 16.7 Å². The highest BCUT2D eigenvalue weighted by atomic mass is 14.9. The van der Waals surface area contributed by atoms with E-state index in [0.29, 0.717) is 0 Å². The molecular formula is C69H92. The van der Waals surface area contributed by atoms with E-state index < -0.39 is 16.2 Å². The maximum atomic E-state index is 2.80. The smallest absolute Gasteiger partial charge is 0.0341 e. The van der Waals surface area contributed by atoms with Gasteiger partial charge in [0, 0.05) is 27.1 Å². The molecule has 0 spiro atoms. The van der Waals surface area contributed by atoms with E-state index in [1.807, 2.05) is 0 Å². The van der Waals surface area contributed by atoms with E-state index in [-0.39, 0.29) is 33.0 Å². The number of allylic oxidation sites excluding steroid dienone is 4. The Balaban J connectivity index is 2.01. The molecule has 2 aliphatic rings. The van der Waals surface area contributed by atoms with E-state index >= 15 is 0 Å². The molecule has 368 valence electrons. The van der Waals surface area contributed by atoms with E-state index in [4.69, 9.17) is 0 Å². The molecule has 0 amide bonds. The molecule has 0 aliphatic heterocycles. The summed E-state index contributed by atoms with van der Waals surface area (Å²) in [6, 6.07) is 62.2.